The summed E-state index contributed by atoms with van der Waals surface area (Å²) in [5.74, 6) is 1.44. The lowest BCUT2D eigenvalue weighted by Crippen LogP contribution is -2.33. The predicted octanol–water partition coefficient (Wildman–Crippen LogP) is 4.66. The van der Waals surface area contributed by atoms with Gasteiger partial charge in [-0.1, -0.05) is 17.7 Å². The SMILES string of the molecule is COc1ccc(OC)c(CN(C(=O)c2cnn(-c3cccc(Cl)c3)c2C)C2CC2)c1. The van der Waals surface area contributed by atoms with Crippen LogP contribution in [-0.2, 0) is 6.54 Å². The number of ether oxygens (including phenoxy) is 2. The summed E-state index contributed by atoms with van der Waals surface area (Å²) in [7, 11) is 3.26. The van der Waals surface area contributed by atoms with Crippen LogP contribution in [-0.4, -0.2) is 40.8 Å². The lowest BCUT2D eigenvalue weighted by Gasteiger charge is -2.24. The molecule has 0 N–H and O–H groups in total. The minimum absolute atomic E-state index is 0.0341. The third-order valence-corrected chi connectivity index (χ3v) is 5.60. The van der Waals surface area contributed by atoms with E-state index in [-0.39, 0.29) is 11.9 Å². The fourth-order valence-corrected chi connectivity index (χ4v) is 3.77. The Morgan fingerprint density at radius 1 is 1.20 bits per heavy atom. The highest BCUT2D eigenvalue weighted by Crippen LogP contribution is 2.33. The van der Waals surface area contributed by atoms with Gasteiger partial charge in [0.25, 0.3) is 5.91 Å². The van der Waals surface area contributed by atoms with E-state index in [0.717, 1.165) is 41.3 Å². The molecule has 1 amide bonds. The maximum absolute atomic E-state index is 13.5. The van der Waals surface area contributed by atoms with Crippen molar-refractivity contribution in [2.45, 2.75) is 32.4 Å². The molecule has 0 saturated heterocycles. The molecule has 7 heteroatoms. The summed E-state index contributed by atoms with van der Waals surface area (Å²) < 4.78 is 12.6. The zero-order valence-corrected chi connectivity index (χ0v) is 18.0. The van der Waals surface area contributed by atoms with E-state index >= 15 is 0 Å². The van der Waals surface area contributed by atoms with Crippen molar-refractivity contribution in [2.24, 2.45) is 0 Å². The van der Waals surface area contributed by atoms with Gasteiger partial charge in [0.1, 0.15) is 11.5 Å². The molecule has 1 aromatic heterocycles. The van der Waals surface area contributed by atoms with Gasteiger partial charge in [-0.2, -0.15) is 5.10 Å². The average molecular weight is 426 g/mol. The van der Waals surface area contributed by atoms with Crippen molar-refractivity contribution in [3.05, 3.63) is 70.5 Å². The number of carbonyl (C=O) groups is 1. The van der Waals surface area contributed by atoms with Crippen molar-refractivity contribution in [3.63, 3.8) is 0 Å². The maximum atomic E-state index is 13.5. The first-order chi connectivity index (χ1) is 14.5. The number of aromatic nitrogens is 2. The molecule has 0 aliphatic heterocycles. The number of carbonyl (C=O) groups excluding carboxylic acids is 1. The number of rotatable bonds is 7. The number of halogens is 1. The summed E-state index contributed by atoms with van der Waals surface area (Å²) in [6, 6.07) is 13.3. The van der Waals surface area contributed by atoms with Gasteiger partial charge >= 0.3 is 0 Å². The van der Waals surface area contributed by atoms with Crippen molar-refractivity contribution < 1.29 is 14.3 Å². The molecule has 0 atom stereocenters. The molecule has 1 aliphatic rings. The van der Waals surface area contributed by atoms with Crippen molar-refractivity contribution in [3.8, 4) is 17.2 Å². The molecule has 3 aromatic rings. The van der Waals surface area contributed by atoms with Crippen LogP contribution in [0.5, 0.6) is 11.5 Å². The van der Waals surface area contributed by atoms with Crippen LogP contribution < -0.4 is 9.47 Å². The molecule has 6 nitrogen and oxygen atoms in total. The summed E-state index contributed by atoms with van der Waals surface area (Å²) in [4.78, 5) is 15.4. The zero-order chi connectivity index (χ0) is 21.3. The normalized spacial score (nSPS) is 13.2. The molecule has 0 spiro atoms. The molecule has 4 rings (SSSR count). The molecule has 1 fully saturated rings. The fraction of sp³-hybridized carbons (Fsp3) is 0.304. The first kappa shape index (κ1) is 20.3. The average Bonchev–Trinajstić information content (AvgIpc) is 3.52. The van der Waals surface area contributed by atoms with E-state index in [1.807, 2.05) is 54.3 Å². The molecular weight excluding hydrogens is 402 g/mol. The lowest BCUT2D eigenvalue weighted by atomic mass is 10.1. The molecule has 30 heavy (non-hydrogen) atoms. The van der Waals surface area contributed by atoms with Crippen LogP contribution in [0.15, 0.2) is 48.7 Å². The van der Waals surface area contributed by atoms with E-state index < -0.39 is 0 Å². The standard InChI is InChI=1S/C23H24ClN3O3/c1-15-21(13-25-27(15)19-6-4-5-17(24)12-19)23(28)26(18-7-8-18)14-16-11-20(29-2)9-10-22(16)30-3/h4-6,9-13,18H,7-8,14H2,1-3H3. The molecule has 1 heterocycles. The van der Waals surface area contributed by atoms with Gasteiger partial charge in [-0.15, -0.1) is 0 Å². The minimum atomic E-state index is -0.0341. The highest BCUT2D eigenvalue weighted by molar-refractivity contribution is 6.30. The van der Waals surface area contributed by atoms with Gasteiger partial charge in [-0.3, -0.25) is 4.79 Å². The molecule has 0 unspecified atom stereocenters. The van der Waals surface area contributed by atoms with Gasteiger partial charge < -0.3 is 14.4 Å². The Kier molecular flexibility index (Phi) is 5.68. The van der Waals surface area contributed by atoms with E-state index in [1.54, 1.807) is 25.1 Å². The monoisotopic (exact) mass is 425 g/mol. The highest BCUT2D eigenvalue weighted by atomic mass is 35.5. The van der Waals surface area contributed by atoms with Crippen LogP contribution in [0.4, 0.5) is 0 Å². The third kappa shape index (κ3) is 4.00. The first-order valence-electron chi connectivity index (χ1n) is 9.84. The van der Waals surface area contributed by atoms with E-state index in [4.69, 9.17) is 21.1 Å². The molecule has 2 aromatic carbocycles. The van der Waals surface area contributed by atoms with Crippen LogP contribution in [0, 0.1) is 6.92 Å². The number of benzene rings is 2. The Balaban J connectivity index is 1.64. The Bertz CT molecular complexity index is 1080. The smallest absolute Gasteiger partial charge is 0.257 e. The summed E-state index contributed by atoms with van der Waals surface area (Å²) in [6.07, 6.45) is 3.63. The maximum Gasteiger partial charge on any atom is 0.257 e. The largest absolute Gasteiger partial charge is 0.497 e. The molecule has 0 radical (unpaired) electrons. The molecule has 1 saturated carbocycles. The van der Waals surface area contributed by atoms with Crippen LogP contribution in [0.1, 0.15) is 34.5 Å². The van der Waals surface area contributed by atoms with Crippen molar-refractivity contribution in [1.29, 1.82) is 0 Å². The van der Waals surface area contributed by atoms with Crippen LogP contribution in [0.3, 0.4) is 0 Å². The van der Waals surface area contributed by atoms with Gasteiger partial charge in [-0.05, 0) is 56.2 Å². The van der Waals surface area contributed by atoms with E-state index in [0.29, 0.717) is 17.1 Å². The molecule has 156 valence electrons. The topological polar surface area (TPSA) is 56.6 Å². The van der Waals surface area contributed by atoms with Gasteiger partial charge in [0.15, 0.2) is 0 Å². The fourth-order valence-electron chi connectivity index (χ4n) is 3.58. The summed E-state index contributed by atoms with van der Waals surface area (Å²) >= 11 is 6.12. The van der Waals surface area contributed by atoms with Gasteiger partial charge in [0.05, 0.1) is 43.9 Å². The Hall–Kier alpha value is -2.99. The number of nitrogens with zero attached hydrogens (tertiary/aromatic N) is 3. The summed E-state index contributed by atoms with van der Waals surface area (Å²) in [6.45, 7) is 2.35. The van der Waals surface area contributed by atoms with E-state index in [1.165, 1.54) is 0 Å². The van der Waals surface area contributed by atoms with Crippen molar-refractivity contribution >= 4 is 17.5 Å². The van der Waals surface area contributed by atoms with Crippen molar-refractivity contribution in [2.75, 3.05) is 14.2 Å². The molecule has 0 bridgehead atoms. The van der Waals surface area contributed by atoms with Gasteiger partial charge in [0.2, 0.25) is 0 Å². The number of hydrogen-bond acceptors (Lipinski definition) is 4. The second kappa shape index (κ2) is 8.40. The number of methoxy groups -OCH3 is 2. The molecule has 1 aliphatic carbocycles. The van der Waals surface area contributed by atoms with E-state index in [9.17, 15) is 4.79 Å². The first-order valence-corrected chi connectivity index (χ1v) is 10.2. The number of amides is 1. The van der Waals surface area contributed by atoms with Crippen LogP contribution in [0.25, 0.3) is 5.69 Å². The van der Waals surface area contributed by atoms with Gasteiger partial charge in [-0.25, -0.2) is 4.68 Å². The third-order valence-electron chi connectivity index (χ3n) is 5.37. The molecular formula is C23H24ClN3O3. The Morgan fingerprint density at radius 2 is 2.00 bits per heavy atom. The van der Waals surface area contributed by atoms with Gasteiger partial charge in [0, 0.05) is 16.6 Å². The quantitative estimate of drug-likeness (QED) is 0.552. The van der Waals surface area contributed by atoms with Crippen LogP contribution >= 0.6 is 11.6 Å². The Labute approximate surface area is 181 Å². The summed E-state index contributed by atoms with van der Waals surface area (Å²) in [5.41, 5.74) is 3.11. The van der Waals surface area contributed by atoms with Crippen molar-refractivity contribution in [1.82, 2.24) is 14.7 Å². The Morgan fingerprint density at radius 3 is 2.67 bits per heavy atom. The number of hydrogen-bond donors (Lipinski definition) is 0. The summed E-state index contributed by atoms with van der Waals surface area (Å²) in [5, 5.41) is 5.07. The highest BCUT2D eigenvalue weighted by Gasteiger charge is 2.35. The lowest BCUT2D eigenvalue weighted by molar-refractivity contribution is 0.0728. The van der Waals surface area contributed by atoms with Crippen LogP contribution in [0.2, 0.25) is 5.02 Å². The van der Waals surface area contributed by atoms with E-state index in [2.05, 4.69) is 5.10 Å². The zero-order valence-electron chi connectivity index (χ0n) is 17.3. The second-order valence-electron chi connectivity index (χ2n) is 7.38. The second-order valence-corrected chi connectivity index (χ2v) is 7.81. The predicted molar refractivity (Wildman–Crippen MR) is 116 cm³/mol. The minimum Gasteiger partial charge on any atom is -0.497 e.